The Hall–Kier alpha value is -1.01. The minimum atomic E-state index is -0.109. The van der Waals surface area contributed by atoms with E-state index in [1.807, 2.05) is 4.90 Å². The van der Waals surface area contributed by atoms with Gasteiger partial charge in [-0.2, -0.15) is 0 Å². The van der Waals surface area contributed by atoms with Crippen LogP contribution in [0, 0.1) is 0 Å². The molecule has 23 heavy (non-hydrogen) atoms. The van der Waals surface area contributed by atoms with Gasteiger partial charge in [0.15, 0.2) is 0 Å². The Bertz CT molecular complexity index is 531. The summed E-state index contributed by atoms with van der Waals surface area (Å²) in [6, 6.07) is 4.95. The van der Waals surface area contributed by atoms with Crippen LogP contribution in [0.2, 0.25) is 10.0 Å². The normalized spacial score (nSPS) is 16.0. The molecule has 1 fully saturated rings. The summed E-state index contributed by atoms with van der Waals surface area (Å²) in [6.07, 6.45) is 1.15. The van der Waals surface area contributed by atoms with Crippen LogP contribution >= 0.6 is 23.2 Å². The third-order valence-electron chi connectivity index (χ3n) is 3.91. The van der Waals surface area contributed by atoms with Crippen molar-refractivity contribution < 1.29 is 4.79 Å². The van der Waals surface area contributed by atoms with E-state index in [1.54, 1.807) is 18.2 Å². The van der Waals surface area contributed by atoms with E-state index in [-0.39, 0.29) is 6.03 Å². The van der Waals surface area contributed by atoms with Gasteiger partial charge in [-0.3, -0.25) is 4.90 Å². The highest BCUT2D eigenvalue weighted by atomic mass is 35.5. The Balaban J connectivity index is 1.77. The van der Waals surface area contributed by atoms with Gasteiger partial charge in [-0.15, -0.1) is 0 Å². The zero-order chi connectivity index (χ0) is 16.8. The van der Waals surface area contributed by atoms with E-state index in [1.165, 1.54) is 0 Å². The lowest BCUT2D eigenvalue weighted by atomic mass is 10.3. The van der Waals surface area contributed by atoms with E-state index in [9.17, 15) is 4.79 Å². The second-order valence-corrected chi connectivity index (χ2v) is 6.88. The summed E-state index contributed by atoms with van der Waals surface area (Å²) in [5.41, 5.74) is 0.592. The predicted octanol–water partition coefficient (Wildman–Crippen LogP) is 3.09. The number of carbonyl (C=O) groups excluding carboxylic acids is 1. The molecule has 1 N–H and O–H groups in total. The van der Waals surface area contributed by atoms with Crippen molar-refractivity contribution in [1.29, 1.82) is 0 Å². The highest BCUT2D eigenvalue weighted by Gasteiger charge is 2.21. The summed E-state index contributed by atoms with van der Waals surface area (Å²) < 4.78 is 0. The number of hydrogen-bond donors (Lipinski definition) is 1. The first kappa shape index (κ1) is 18.3. The monoisotopic (exact) mass is 358 g/mol. The van der Waals surface area contributed by atoms with Gasteiger partial charge in [-0.05, 0) is 51.8 Å². The topological polar surface area (TPSA) is 38.8 Å². The van der Waals surface area contributed by atoms with Crippen molar-refractivity contribution >= 4 is 34.9 Å². The number of hydrogen-bond acceptors (Lipinski definition) is 3. The first-order chi connectivity index (χ1) is 11.0. The first-order valence-electron chi connectivity index (χ1n) is 7.84. The van der Waals surface area contributed by atoms with E-state index in [2.05, 4.69) is 29.2 Å². The molecule has 0 spiro atoms. The minimum absolute atomic E-state index is 0.109. The lowest BCUT2D eigenvalue weighted by Crippen LogP contribution is -2.50. The number of amides is 2. The molecule has 0 bridgehead atoms. The summed E-state index contributed by atoms with van der Waals surface area (Å²) in [6.45, 7) is 5.47. The molecule has 0 saturated carbocycles. The highest BCUT2D eigenvalue weighted by Crippen LogP contribution is 2.25. The molecule has 1 aliphatic rings. The number of halogens is 2. The van der Waals surface area contributed by atoms with E-state index in [4.69, 9.17) is 23.2 Å². The SMILES string of the molecule is CN(C)CCCN1CCN(C(=O)Nc2ccc(Cl)cc2Cl)CC1. The van der Waals surface area contributed by atoms with Gasteiger partial charge < -0.3 is 15.1 Å². The fourth-order valence-electron chi connectivity index (χ4n) is 2.57. The van der Waals surface area contributed by atoms with Gasteiger partial charge in [0.2, 0.25) is 0 Å². The molecule has 0 atom stereocenters. The molecule has 2 rings (SSSR count). The number of nitrogens with one attached hydrogen (secondary N) is 1. The zero-order valence-electron chi connectivity index (χ0n) is 13.7. The molecule has 7 heteroatoms. The maximum atomic E-state index is 12.3. The highest BCUT2D eigenvalue weighted by molar-refractivity contribution is 6.36. The fourth-order valence-corrected chi connectivity index (χ4v) is 3.03. The number of rotatable bonds is 5. The van der Waals surface area contributed by atoms with Crippen LogP contribution in [0.3, 0.4) is 0 Å². The molecule has 128 valence electrons. The number of carbonyl (C=O) groups is 1. The second-order valence-electron chi connectivity index (χ2n) is 6.04. The van der Waals surface area contributed by atoms with Crippen molar-refractivity contribution in [3.63, 3.8) is 0 Å². The van der Waals surface area contributed by atoms with Gasteiger partial charge >= 0.3 is 6.03 Å². The van der Waals surface area contributed by atoms with Gasteiger partial charge in [0.1, 0.15) is 0 Å². The van der Waals surface area contributed by atoms with Crippen molar-refractivity contribution in [2.45, 2.75) is 6.42 Å². The van der Waals surface area contributed by atoms with Crippen LogP contribution in [-0.2, 0) is 0 Å². The molecule has 1 heterocycles. The molecule has 0 radical (unpaired) electrons. The minimum Gasteiger partial charge on any atom is -0.322 e. The Morgan fingerprint density at radius 1 is 1.22 bits per heavy atom. The molecule has 1 aromatic carbocycles. The maximum Gasteiger partial charge on any atom is 0.321 e. The fraction of sp³-hybridized carbons (Fsp3) is 0.562. The lowest BCUT2D eigenvalue weighted by molar-refractivity contribution is 0.144. The van der Waals surface area contributed by atoms with Crippen molar-refractivity contribution in [1.82, 2.24) is 14.7 Å². The second kappa shape index (κ2) is 8.73. The van der Waals surface area contributed by atoms with Crippen LogP contribution in [0.5, 0.6) is 0 Å². The van der Waals surface area contributed by atoms with E-state index < -0.39 is 0 Å². The van der Waals surface area contributed by atoms with Crippen LogP contribution in [0.25, 0.3) is 0 Å². The average molecular weight is 359 g/mol. The third-order valence-corrected chi connectivity index (χ3v) is 4.46. The van der Waals surface area contributed by atoms with E-state index >= 15 is 0 Å². The number of nitrogens with zero attached hydrogens (tertiary/aromatic N) is 3. The first-order valence-corrected chi connectivity index (χ1v) is 8.59. The van der Waals surface area contributed by atoms with Gasteiger partial charge in [-0.25, -0.2) is 4.79 Å². The molecule has 1 aromatic rings. The molecule has 2 amide bonds. The Kier molecular flexibility index (Phi) is 6.96. The molecule has 0 unspecified atom stereocenters. The van der Waals surface area contributed by atoms with Crippen LogP contribution in [0.1, 0.15) is 6.42 Å². The smallest absolute Gasteiger partial charge is 0.321 e. The zero-order valence-corrected chi connectivity index (χ0v) is 15.2. The number of anilines is 1. The number of benzene rings is 1. The van der Waals surface area contributed by atoms with Gasteiger partial charge in [-0.1, -0.05) is 23.2 Å². The summed E-state index contributed by atoms with van der Waals surface area (Å²) in [4.78, 5) is 18.7. The van der Waals surface area contributed by atoms with Gasteiger partial charge in [0.25, 0.3) is 0 Å². The van der Waals surface area contributed by atoms with Crippen molar-refractivity contribution in [3.05, 3.63) is 28.2 Å². The van der Waals surface area contributed by atoms with Crippen molar-refractivity contribution in [2.75, 3.05) is 58.7 Å². The average Bonchev–Trinajstić information content (AvgIpc) is 2.50. The van der Waals surface area contributed by atoms with Crippen molar-refractivity contribution in [2.24, 2.45) is 0 Å². The molecule has 1 aliphatic heterocycles. The largest absolute Gasteiger partial charge is 0.322 e. The summed E-state index contributed by atoms with van der Waals surface area (Å²) in [7, 11) is 4.17. The summed E-state index contributed by atoms with van der Waals surface area (Å²) in [5, 5.41) is 3.86. The summed E-state index contributed by atoms with van der Waals surface area (Å²) in [5.74, 6) is 0. The number of piperazine rings is 1. The molecule has 0 aliphatic carbocycles. The molecule has 1 saturated heterocycles. The van der Waals surface area contributed by atoms with Crippen molar-refractivity contribution in [3.8, 4) is 0 Å². The molecule has 0 aromatic heterocycles. The van der Waals surface area contributed by atoms with Crippen LogP contribution in [0.4, 0.5) is 10.5 Å². The van der Waals surface area contributed by atoms with Gasteiger partial charge in [0, 0.05) is 31.2 Å². The Morgan fingerprint density at radius 2 is 1.91 bits per heavy atom. The Morgan fingerprint density at radius 3 is 2.52 bits per heavy atom. The van der Waals surface area contributed by atoms with Crippen LogP contribution in [0.15, 0.2) is 18.2 Å². The maximum absolute atomic E-state index is 12.3. The number of urea groups is 1. The predicted molar refractivity (Wildman–Crippen MR) is 96.7 cm³/mol. The van der Waals surface area contributed by atoms with Gasteiger partial charge in [0.05, 0.1) is 10.7 Å². The van der Waals surface area contributed by atoms with E-state index in [0.717, 1.165) is 45.7 Å². The Labute approximate surface area is 148 Å². The molecular formula is C16H24Cl2N4O. The molecule has 5 nitrogen and oxygen atoms in total. The third kappa shape index (κ3) is 5.84. The van der Waals surface area contributed by atoms with E-state index in [0.29, 0.717) is 15.7 Å². The van der Waals surface area contributed by atoms with Crippen LogP contribution in [-0.4, -0.2) is 74.1 Å². The lowest BCUT2D eigenvalue weighted by Gasteiger charge is -2.34. The summed E-state index contributed by atoms with van der Waals surface area (Å²) >= 11 is 12.0. The van der Waals surface area contributed by atoms with Crippen LogP contribution < -0.4 is 5.32 Å². The molecular weight excluding hydrogens is 335 g/mol. The standard InChI is InChI=1S/C16H24Cl2N4O/c1-20(2)6-3-7-21-8-10-22(11-9-21)16(23)19-15-5-4-13(17)12-14(15)18/h4-5,12H,3,6-11H2,1-2H3,(H,19,23). The quantitative estimate of drug-likeness (QED) is 0.878.